The van der Waals surface area contributed by atoms with Gasteiger partial charge in [0.15, 0.2) is 0 Å². The van der Waals surface area contributed by atoms with Crippen LogP contribution in [-0.4, -0.2) is 0 Å². The minimum absolute atomic E-state index is 0.852. The van der Waals surface area contributed by atoms with E-state index in [9.17, 15) is 0 Å². The maximum atomic E-state index is 5.62. The summed E-state index contributed by atoms with van der Waals surface area (Å²) < 4.78 is 1.12. The number of rotatable bonds is 1. The maximum absolute atomic E-state index is 5.62. The van der Waals surface area contributed by atoms with Gasteiger partial charge < -0.3 is 5.73 Å². The van der Waals surface area contributed by atoms with Crippen LogP contribution in [0.2, 0.25) is 0 Å². The Hall–Kier alpha value is 0.230. The van der Waals surface area contributed by atoms with Gasteiger partial charge >= 0.3 is 0 Å². The lowest BCUT2D eigenvalue weighted by molar-refractivity contribution is 1.42. The molecule has 0 aliphatic rings. The normalized spacial score (nSPS) is 9.80. The number of halogens is 2. The first-order valence-corrected chi connectivity index (χ1v) is 5.04. The van der Waals surface area contributed by atoms with Gasteiger partial charge in [0.2, 0.25) is 0 Å². The Morgan fingerprint density at radius 2 is 2.20 bits per heavy atom. The molecule has 0 aliphatic heterocycles. The predicted molar refractivity (Wildman–Crippen MR) is 56.2 cm³/mol. The SMILES string of the molecule is Nc1ccc(CBr)cc1I. The second-order valence-corrected chi connectivity index (χ2v) is 3.71. The van der Waals surface area contributed by atoms with Crippen molar-refractivity contribution < 1.29 is 0 Å². The number of benzene rings is 1. The number of nitrogen functional groups attached to an aromatic ring is 1. The second kappa shape index (κ2) is 3.57. The molecule has 0 bridgehead atoms. The van der Waals surface area contributed by atoms with E-state index in [1.807, 2.05) is 12.1 Å². The summed E-state index contributed by atoms with van der Waals surface area (Å²) in [5, 5.41) is 0.892. The van der Waals surface area contributed by atoms with Crippen LogP contribution >= 0.6 is 38.5 Å². The summed E-state index contributed by atoms with van der Waals surface area (Å²) in [5.74, 6) is 0. The minimum Gasteiger partial charge on any atom is -0.398 e. The van der Waals surface area contributed by atoms with Crippen molar-refractivity contribution in [3.05, 3.63) is 27.3 Å². The van der Waals surface area contributed by atoms with E-state index in [0.29, 0.717) is 0 Å². The molecule has 0 aliphatic carbocycles. The Morgan fingerprint density at radius 3 is 2.70 bits per heavy atom. The van der Waals surface area contributed by atoms with E-state index < -0.39 is 0 Å². The van der Waals surface area contributed by atoms with Crippen LogP contribution in [0, 0.1) is 3.57 Å². The van der Waals surface area contributed by atoms with Crippen LogP contribution in [-0.2, 0) is 5.33 Å². The summed E-state index contributed by atoms with van der Waals surface area (Å²) in [5.41, 5.74) is 7.74. The van der Waals surface area contributed by atoms with Crippen LogP contribution in [0.1, 0.15) is 5.56 Å². The lowest BCUT2D eigenvalue weighted by Crippen LogP contribution is -1.89. The van der Waals surface area contributed by atoms with Crippen molar-refractivity contribution in [2.75, 3.05) is 5.73 Å². The van der Waals surface area contributed by atoms with E-state index in [-0.39, 0.29) is 0 Å². The van der Waals surface area contributed by atoms with E-state index in [1.165, 1.54) is 5.56 Å². The molecule has 3 heteroatoms. The Morgan fingerprint density at radius 1 is 1.50 bits per heavy atom. The third kappa shape index (κ3) is 1.85. The van der Waals surface area contributed by atoms with Gasteiger partial charge in [0, 0.05) is 14.6 Å². The van der Waals surface area contributed by atoms with Crippen LogP contribution in [0.3, 0.4) is 0 Å². The Bertz CT molecular complexity index is 237. The number of nitrogens with two attached hydrogens (primary N) is 1. The molecule has 0 heterocycles. The third-order valence-electron chi connectivity index (χ3n) is 1.22. The summed E-state index contributed by atoms with van der Waals surface area (Å²) in [6.45, 7) is 0. The average Bonchev–Trinajstić information content (AvgIpc) is 1.95. The molecule has 0 amide bonds. The molecule has 0 aromatic heterocycles. The first-order valence-electron chi connectivity index (χ1n) is 2.84. The first kappa shape index (κ1) is 8.33. The van der Waals surface area contributed by atoms with E-state index in [4.69, 9.17) is 5.73 Å². The van der Waals surface area contributed by atoms with E-state index in [0.717, 1.165) is 14.6 Å². The second-order valence-electron chi connectivity index (χ2n) is 1.99. The van der Waals surface area contributed by atoms with E-state index in [1.54, 1.807) is 0 Å². The lowest BCUT2D eigenvalue weighted by Gasteiger charge is -1.99. The standard InChI is InChI=1S/C7H7BrIN/c8-4-5-1-2-7(10)6(9)3-5/h1-3H,4,10H2. The van der Waals surface area contributed by atoms with Crippen LogP contribution in [0.15, 0.2) is 18.2 Å². The predicted octanol–water partition coefficient (Wildman–Crippen LogP) is 2.77. The average molecular weight is 312 g/mol. The van der Waals surface area contributed by atoms with Gasteiger partial charge in [-0.25, -0.2) is 0 Å². The molecule has 10 heavy (non-hydrogen) atoms. The van der Waals surface area contributed by atoms with Gasteiger partial charge in [-0.2, -0.15) is 0 Å². The molecule has 1 rings (SSSR count). The molecule has 0 fully saturated rings. The van der Waals surface area contributed by atoms with Crippen molar-refractivity contribution in [3.8, 4) is 0 Å². The molecule has 0 spiro atoms. The van der Waals surface area contributed by atoms with Gasteiger partial charge in [0.1, 0.15) is 0 Å². The highest BCUT2D eigenvalue weighted by atomic mass is 127. The van der Waals surface area contributed by atoms with Crippen molar-refractivity contribution in [1.29, 1.82) is 0 Å². The van der Waals surface area contributed by atoms with Crippen LogP contribution in [0.5, 0.6) is 0 Å². The zero-order chi connectivity index (χ0) is 7.56. The highest BCUT2D eigenvalue weighted by Gasteiger charge is 1.94. The molecule has 0 saturated heterocycles. The summed E-state index contributed by atoms with van der Waals surface area (Å²) in [6.07, 6.45) is 0. The maximum Gasteiger partial charge on any atom is 0.0449 e. The van der Waals surface area contributed by atoms with Crippen molar-refractivity contribution in [1.82, 2.24) is 0 Å². The Labute approximate surface area is 82.3 Å². The van der Waals surface area contributed by atoms with Gasteiger partial charge in [0.25, 0.3) is 0 Å². The highest BCUT2D eigenvalue weighted by molar-refractivity contribution is 14.1. The minimum atomic E-state index is 0.852. The molecular formula is C7H7BrIN. The van der Waals surface area contributed by atoms with Gasteiger partial charge in [-0.3, -0.25) is 0 Å². The van der Waals surface area contributed by atoms with Gasteiger partial charge in [-0.15, -0.1) is 0 Å². The number of hydrogen-bond donors (Lipinski definition) is 1. The summed E-state index contributed by atoms with van der Waals surface area (Å²) in [4.78, 5) is 0. The monoisotopic (exact) mass is 311 g/mol. The van der Waals surface area contributed by atoms with Crippen molar-refractivity contribution in [3.63, 3.8) is 0 Å². The molecule has 0 unspecified atom stereocenters. The van der Waals surface area contributed by atoms with Crippen molar-refractivity contribution in [2.24, 2.45) is 0 Å². The molecule has 0 saturated carbocycles. The molecule has 1 aromatic rings. The van der Waals surface area contributed by atoms with Crippen molar-refractivity contribution >= 4 is 44.2 Å². The van der Waals surface area contributed by atoms with Crippen LogP contribution in [0.4, 0.5) is 5.69 Å². The van der Waals surface area contributed by atoms with E-state index >= 15 is 0 Å². The lowest BCUT2D eigenvalue weighted by atomic mass is 10.2. The molecule has 0 atom stereocenters. The number of alkyl halides is 1. The third-order valence-corrected chi connectivity index (χ3v) is 2.80. The molecule has 54 valence electrons. The van der Waals surface area contributed by atoms with E-state index in [2.05, 4.69) is 44.6 Å². The van der Waals surface area contributed by atoms with Crippen LogP contribution < -0.4 is 5.73 Å². The Kier molecular flexibility index (Phi) is 2.97. The highest BCUT2D eigenvalue weighted by Crippen LogP contribution is 2.17. The quantitative estimate of drug-likeness (QED) is 0.482. The fourth-order valence-electron chi connectivity index (χ4n) is 0.654. The molecule has 1 nitrogen and oxygen atoms in total. The van der Waals surface area contributed by atoms with Crippen molar-refractivity contribution in [2.45, 2.75) is 5.33 Å². The zero-order valence-electron chi connectivity index (χ0n) is 5.27. The largest absolute Gasteiger partial charge is 0.398 e. The molecular weight excluding hydrogens is 305 g/mol. The fraction of sp³-hybridized carbons (Fsp3) is 0.143. The molecule has 1 aromatic carbocycles. The first-order chi connectivity index (χ1) is 4.74. The molecule has 0 radical (unpaired) electrons. The topological polar surface area (TPSA) is 26.0 Å². The van der Waals surface area contributed by atoms with Gasteiger partial charge in [-0.1, -0.05) is 22.0 Å². The smallest absolute Gasteiger partial charge is 0.0449 e. The fourth-order valence-corrected chi connectivity index (χ4v) is 1.58. The number of hydrogen-bond acceptors (Lipinski definition) is 1. The van der Waals surface area contributed by atoms with Gasteiger partial charge in [-0.05, 0) is 40.3 Å². The zero-order valence-corrected chi connectivity index (χ0v) is 9.02. The molecule has 2 N–H and O–H groups in total. The van der Waals surface area contributed by atoms with Crippen LogP contribution in [0.25, 0.3) is 0 Å². The van der Waals surface area contributed by atoms with Gasteiger partial charge in [0.05, 0.1) is 0 Å². The summed E-state index contributed by atoms with van der Waals surface area (Å²) in [7, 11) is 0. The summed E-state index contributed by atoms with van der Waals surface area (Å²) in [6, 6.07) is 6.02. The Balaban J connectivity index is 3.04. The number of anilines is 1. The summed E-state index contributed by atoms with van der Waals surface area (Å²) >= 11 is 5.60.